The van der Waals surface area contributed by atoms with Gasteiger partial charge >= 0.3 is 0 Å². The zero-order valence-electron chi connectivity index (χ0n) is 14.6. The molecule has 0 saturated carbocycles. The molecule has 3 rings (SSSR count). The van der Waals surface area contributed by atoms with Crippen LogP contribution in [-0.2, 0) is 19.5 Å². The predicted octanol–water partition coefficient (Wildman–Crippen LogP) is 4.19. The van der Waals surface area contributed by atoms with E-state index in [1.54, 1.807) is 0 Å². The van der Waals surface area contributed by atoms with Crippen molar-refractivity contribution in [2.45, 2.75) is 32.5 Å². The molecule has 0 bridgehead atoms. The number of benzene rings is 2. The Morgan fingerprint density at radius 3 is 2.08 bits per heavy atom. The third kappa shape index (κ3) is 5.59. The minimum Gasteiger partial charge on any atom is -0.465 e. The maximum Gasteiger partial charge on any atom is 0.118 e. The Morgan fingerprint density at radius 1 is 0.840 bits per heavy atom. The average Bonchev–Trinajstić information content (AvgIpc) is 3.01. The van der Waals surface area contributed by atoms with Crippen LogP contribution in [0.2, 0.25) is 0 Å². The van der Waals surface area contributed by atoms with E-state index in [1.807, 2.05) is 55.5 Å². The molecule has 3 nitrogen and oxygen atoms in total. The lowest BCUT2D eigenvalue weighted by Crippen LogP contribution is -2.32. The summed E-state index contributed by atoms with van der Waals surface area (Å²) >= 11 is 0. The Bertz CT molecular complexity index is 752. The van der Waals surface area contributed by atoms with Gasteiger partial charge in [-0.1, -0.05) is 60.7 Å². The first-order chi connectivity index (χ1) is 12.2. The summed E-state index contributed by atoms with van der Waals surface area (Å²) in [5, 5.41) is 10.6. The van der Waals surface area contributed by atoms with Crippen LogP contribution in [0.5, 0.6) is 0 Å². The topological polar surface area (TPSA) is 36.6 Å². The number of aliphatic hydroxyl groups is 1. The summed E-state index contributed by atoms with van der Waals surface area (Å²) in [7, 11) is 0. The molecule has 0 fully saturated rings. The van der Waals surface area contributed by atoms with Crippen LogP contribution in [-0.4, -0.2) is 22.7 Å². The lowest BCUT2D eigenvalue weighted by atomic mass is 10.1. The number of rotatable bonds is 8. The standard InChI is InChI=1S/C22H25NO2/c1-18-12-13-22(25-18)17-23(15-20-10-6-3-7-11-20)16-21(24)14-19-8-4-2-5-9-19/h2-13,21,24H,14-17H2,1H3. The molecule has 0 aliphatic carbocycles. The van der Waals surface area contributed by atoms with Gasteiger partial charge in [-0.15, -0.1) is 0 Å². The zero-order chi connectivity index (χ0) is 17.5. The summed E-state index contributed by atoms with van der Waals surface area (Å²) < 4.78 is 5.73. The Morgan fingerprint density at radius 2 is 1.48 bits per heavy atom. The Hall–Kier alpha value is -2.36. The highest BCUT2D eigenvalue weighted by atomic mass is 16.3. The van der Waals surface area contributed by atoms with Gasteiger partial charge in [0.2, 0.25) is 0 Å². The van der Waals surface area contributed by atoms with E-state index in [9.17, 15) is 5.11 Å². The average molecular weight is 335 g/mol. The summed E-state index contributed by atoms with van der Waals surface area (Å²) in [5.74, 6) is 1.85. The monoisotopic (exact) mass is 335 g/mol. The highest BCUT2D eigenvalue weighted by Gasteiger charge is 2.15. The first kappa shape index (κ1) is 17.5. The van der Waals surface area contributed by atoms with Crippen LogP contribution >= 0.6 is 0 Å². The van der Waals surface area contributed by atoms with Gasteiger partial charge in [-0.2, -0.15) is 0 Å². The first-order valence-electron chi connectivity index (χ1n) is 8.72. The summed E-state index contributed by atoms with van der Waals surface area (Å²) in [5.41, 5.74) is 2.39. The largest absolute Gasteiger partial charge is 0.465 e. The quantitative estimate of drug-likeness (QED) is 0.670. The molecule has 25 heavy (non-hydrogen) atoms. The molecule has 130 valence electrons. The van der Waals surface area contributed by atoms with Crippen LogP contribution in [0.15, 0.2) is 77.2 Å². The van der Waals surface area contributed by atoms with E-state index in [1.165, 1.54) is 5.56 Å². The molecule has 0 saturated heterocycles. The Kier molecular flexibility index (Phi) is 6.04. The third-order valence-electron chi connectivity index (χ3n) is 4.21. The van der Waals surface area contributed by atoms with Crippen LogP contribution in [0.1, 0.15) is 22.6 Å². The highest BCUT2D eigenvalue weighted by molar-refractivity contribution is 5.16. The molecule has 1 atom stereocenters. The van der Waals surface area contributed by atoms with E-state index in [0.717, 1.165) is 23.6 Å². The van der Waals surface area contributed by atoms with E-state index in [4.69, 9.17) is 4.42 Å². The number of nitrogens with zero attached hydrogens (tertiary/aromatic N) is 1. The summed E-state index contributed by atoms with van der Waals surface area (Å²) in [6.07, 6.45) is 0.241. The molecular formula is C22H25NO2. The molecule has 3 heteroatoms. The molecule has 0 aliphatic rings. The van der Waals surface area contributed by atoms with Crippen molar-refractivity contribution in [1.82, 2.24) is 4.90 Å². The van der Waals surface area contributed by atoms with Crippen molar-refractivity contribution in [3.8, 4) is 0 Å². The Balaban J connectivity index is 1.66. The van der Waals surface area contributed by atoms with Gasteiger partial charge in [0.1, 0.15) is 11.5 Å². The maximum absolute atomic E-state index is 10.6. The predicted molar refractivity (Wildman–Crippen MR) is 100 cm³/mol. The van der Waals surface area contributed by atoms with Gasteiger partial charge in [0.05, 0.1) is 12.6 Å². The molecule has 1 heterocycles. The van der Waals surface area contributed by atoms with Crippen molar-refractivity contribution in [3.05, 3.63) is 95.4 Å². The molecule has 0 amide bonds. The van der Waals surface area contributed by atoms with Crippen molar-refractivity contribution < 1.29 is 9.52 Å². The van der Waals surface area contributed by atoms with Crippen LogP contribution in [0.25, 0.3) is 0 Å². The van der Waals surface area contributed by atoms with Gasteiger partial charge in [0.15, 0.2) is 0 Å². The van der Waals surface area contributed by atoms with Crippen LogP contribution in [0, 0.1) is 6.92 Å². The minimum atomic E-state index is -0.415. The maximum atomic E-state index is 10.6. The molecule has 1 aromatic heterocycles. The number of hydrogen-bond acceptors (Lipinski definition) is 3. The van der Waals surface area contributed by atoms with Gasteiger partial charge in [-0.25, -0.2) is 0 Å². The van der Waals surface area contributed by atoms with Crippen LogP contribution < -0.4 is 0 Å². The molecule has 2 aromatic carbocycles. The molecule has 0 radical (unpaired) electrons. The lowest BCUT2D eigenvalue weighted by molar-refractivity contribution is 0.100. The number of aryl methyl sites for hydroxylation is 1. The van der Waals surface area contributed by atoms with E-state index < -0.39 is 6.10 Å². The van der Waals surface area contributed by atoms with E-state index in [0.29, 0.717) is 19.5 Å². The van der Waals surface area contributed by atoms with Crippen molar-refractivity contribution in [2.24, 2.45) is 0 Å². The molecule has 1 unspecified atom stereocenters. The van der Waals surface area contributed by atoms with E-state index in [2.05, 4.69) is 29.2 Å². The number of aliphatic hydroxyl groups excluding tert-OH is 1. The fourth-order valence-corrected chi connectivity index (χ4v) is 3.07. The molecule has 1 N–H and O–H groups in total. The van der Waals surface area contributed by atoms with Crippen molar-refractivity contribution in [2.75, 3.05) is 6.54 Å². The van der Waals surface area contributed by atoms with Crippen molar-refractivity contribution >= 4 is 0 Å². The van der Waals surface area contributed by atoms with Gasteiger partial charge in [0.25, 0.3) is 0 Å². The molecule has 0 spiro atoms. The minimum absolute atomic E-state index is 0.415. The fourth-order valence-electron chi connectivity index (χ4n) is 3.07. The normalized spacial score (nSPS) is 12.4. The van der Waals surface area contributed by atoms with Gasteiger partial charge in [-0.05, 0) is 36.6 Å². The van der Waals surface area contributed by atoms with E-state index in [-0.39, 0.29) is 0 Å². The zero-order valence-corrected chi connectivity index (χ0v) is 14.6. The summed E-state index contributed by atoms with van der Waals surface area (Å²) in [6, 6.07) is 24.5. The molecule has 3 aromatic rings. The second-order valence-electron chi connectivity index (χ2n) is 6.51. The molecule has 0 aliphatic heterocycles. The van der Waals surface area contributed by atoms with E-state index >= 15 is 0 Å². The summed E-state index contributed by atoms with van der Waals surface area (Å²) in [6.45, 7) is 4.03. The number of furan rings is 1. The smallest absolute Gasteiger partial charge is 0.118 e. The Labute approximate surface area is 149 Å². The van der Waals surface area contributed by atoms with Crippen molar-refractivity contribution in [3.63, 3.8) is 0 Å². The highest BCUT2D eigenvalue weighted by Crippen LogP contribution is 2.14. The lowest BCUT2D eigenvalue weighted by Gasteiger charge is -2.24. The van der Waals surface area contributed by atoms with Crippen molar-refractivity contribution in [1.29, 1.82) is 0 Å². The second-order valence-corrected chi connectivity index (χ2v) is 6.51. The SMILES string of the molecule is Cc1ccc(CN(Cc2ccccc2)CC(O)Cc2ccccc2)o1. The van der Waals surface area contributed by atoms with Gasteiger partial charge < -0.3 is 9.52 Å². The number of hydrogen-bond donors (Lipinski definition) is 1. The molecular weight excluding hydrogens is 310 g/mol. The van der Waals surface area contributed by atoms with Crippen LogP contribution in [0.3, 0.4) is 0 Å². The van der Waals surface area contributed by atoms with Gasteiger partial charge in [0, 0.05) is 13.1 Å². The van der Waals surface area contributed by atoms with Gasteiger partial charge in [-0.3, -0.25) is 4.90 Å². The summed E-state index contributed by atoms with van der Waals surface area (Å²) in [4.78, 5) is 2.24. The third-order valence-corrected chi connectivity index (χ3v) is 4.21. The van der Waals surface area contributed by atoms with Crippen LogP contribution in [0.4, 0.5) is 0 Å². The first-order valence-corrected chi connectivity index (χ1v) is 8.72. The second kappa shape index (κ2) is 8.65. The fraction of sp³-hybridized carbons (Fsp3) is 0.273.